The average molecular weight is 250 g/mol. The summed E-state index contributed by atoms with van der Waals surface area (Å²) in [6.45, 7) is 0.278. The van der Waals surface area contributed by atoms with E-state index in [2.05, 4.69) is 0 Å². The summed E-state index contributed by atoms with van der Waals surface area (Å²) in [5.41, 5.74) is 0. The van der Waals surface area contributed by atoms with E-state index in [4.69, 9.17) is 21.5 Å². The van der Waals surface area contributed by atoms with Crippen molar-refractivity contribution >= 4 is 21.6 Å². The van der Waals surface area contributed by atoms with Crippen molar-refractivity contribution in [1.82, 2.24) is 0 Å². The van der Waals surface area contributed by atoms with Gasteiger partial charge in [-0.1, -0.05) is 23.7 Å². The molecule has 0 unspecified atom stereocenters. The summed E-state index contributed by atoms with van der Waals surface area (Å²) < 4.78 is 26.5. The van der Waals surface area contributed by atoms with Crippen molar-refractivity contribution in [2.75, 3.05) is 12.4 Å². The third kappa shape index (κ3) is 5.01. The average Bonchev–Trinajstić information content (AvgIpc) is 2.13. The second-order valence-corrected chi connectivity index (χ2v) is 5.14. The molecule has 1 aromatic carbocycles. The van der Waals surface area contributed by atoms with E-state index in [0.29, 0.717) is 17.2 Å². The molecular formula is C9H12ClNO3S. The summed E-state index contributed by atoms with van der Waals surface area (Å²) in [6.07, 6.45) is 0.351. The van der Waals surface area contributed by atoms with E-state index in [0.717, 1.165) is 0 Å². The molecule has 0 heterocycles. The predicted molar refractivity (Wildman–Crippen MR) is 59.5 cm³/mol. The van der Waals surface area contributed by atoms with Gasteiger partial charge < -0.3 is 4.74 Å². The minimum Gasteiger partial charge on any atom is -0.492 e. The topological polar surface area (TPSA) is 69.4 Å². The van der Waals surface area contributed by atoms with Crippen molar-refractivity contribution in [2.45, 2.75) is 6.42 Å². The fraction of sp³-hybridized carbons (Fsp3) is 0.333. The van der Waals surface area contributed by atoms with E-state index in [-0.39, 0.29) is 12.4 Å². The monoisotopic (exact) mass is 249 g/mol. The second-order valence-electron chi connectivity index (χ2n) is 3.00. The summed E-state index contributed by atoms with van der Waals surface area (Å²) >= 11 is 5.83. The summed E-state index contributed by atoms with van der Waals surface area (Å²) in [4.78, 5) is 0. The Bertz CT molecular complexity index is 419. The van der Waals surface area contributed by atoms with Gasteiger partial charge in [0.2, 0.25) is 10.0 Å². The van der Waals surface area contributed by atoms with Gasteiger partial charge in [0.15, 0.2) is 0 Å². The fourth-order valence-corrected chi connectivity index (χ4v) is 1.71. The molecule has 0 saturated heterocycles. The smallest absolute Gasteiger partial charge is 0.209 e. The first kappa shape index (κ1) is 12.3. The molecule has 6 heteroatoms. The van der Waals surface area contributed by atoms with Crippen LogP contribution in [0.4, 0.5) is 0 Å². The van der Waals surface area contributed by atoms with Gasteiger partial charge in [0.25, 0.3) is 0 Å². The Morgan fingerprint density at radius 2 is 2.00 bits per heavy atom. The number of para-hydroxylation sites is 1. The Hall–Kier alpha value is -0.780. The van der Waals surface area contributed by atoms with Crippen LogP contribution in [0, 0.1) is 0 Å². The minimum absolute atomic E-state index is 0.0859. The Kier molecular flexibility index (Phi) is 4.38. The first-order chi connectivity index (χ1) is 6.99. The van der Waals surface area contributed by atoms with Gasteiger partial charge in [-0.3, -0.25) is 0 Å². The molecule has 0 amide bonds. The van der Waals surface area contributed by atoms with Crippen LogP contribution in [-0.4, -0.2) is 20.8 Å². The second kappa shape index (κ2) is 5.34. The zero-order valence-corrected chi connectivity index (χ0v) is 9.59. The van der Waals surface area contributed by atoms with Gasteiger partial charge in [-0.05, 0) is 18.6 Å². The molecular weight excluding hydrogens is 238 g/mol. The maximum absolute atomic E-state index is 10.6. The first-order valence-corrected chi connectivity index (χ1v) is 6.46. The van der Waals surface area contributed by atoms with Crippen molar-refractivity contribution in [3.8, 4) is 5.75 Å². The number of rotatable bonds is 5. The third-order valence-electron chi connectivity index (χ3n) is 1.67. The third-order valence-corrected chi connectivity index (χ3v) is 2.84. The van der Waals surface area contributed by atoms with E-state index in [1.54, 1.807) is 24.3 Å². The van der Waals surface area contributed by atoms with Crippen molar-refractivity contribution in [3.05, 3.63) is 29.3 Å². The Balaban J connectivity index is 2.36. The highest BCUT2D eigenvalue weighted by atomic mass is 35.5. The van der Waals surface area contributed by atoms with Crippen LogP contribution in [-0.2, 0) is 10.0 Å². The summed E-state index contributed by atoms with van der Waals surface area (Å²) in [5, 5.41) is 5.34. The normalized spacial score (nSPS) is 11.3. The summed E-state index contributed by atoms with van der Waals surface area (Å²) in [5.74, 6) is 0.464. The van der Waals surface area contributed by atoms with Crippen LogP contribution in [0.25, 0.3) is 0 Å². The molecule has 0 aliphatic rings. The molecule has 84 valence electrons. The SMILES string of the molecule is NS(=O)(=O)CCCOc1ccccc1Cl. The lowest BCUT2D eigenvalue weighted by atomic mass is 10.3. The van der Waals surface area contributed by atoms with Gasteiger partial charge in [0.05, 0.1) is 17.4 Å². The molecule has 1 aromatic rings. The lowest BCUT2D eigenvalue weighted by Gasteiger charge is -2.06. The van der Waals surface area contributed by atoms with Crippen LogP contribution in [0.5, 0.6) is 5.75 Å². The van der Waals surface area contributed by atoms with Gasteiger partial charge in [-0.25, -0.2) is 13.6 Å². The van der Waals surface area contributed by atoms with Gasteiger partial charge >= 0.3 is 0 Å². The lowest BCUT2D eigenvalue weighted by molar-refractivity contribution is 0.318. The van der Waals surface area contributed by atoms with Crippen LogP contribution in [0.3, 0.4) is 0 Å². The molecule has 0 aliphatic heterocycles. The van der Waals surface area contributed by atoms with E-state index in [1.807, 2.05) is 0 Å². The minimum atomic E-state index is -3.40. The Morgan fingerprint density at radius 1 is 1.33 bits per heavy atom. The van der Waals surface area contributed by atoms with Crippen LogP contribution in [0.2, 0.25) is 5.02 Å². The van der Waals surface area contributed by atoms with Gasteiger partial charge in [0, 0.05) is 0 Å². The van der Waals surface area contributed by atoms with Crippen LogP contribution in [0.1, 0.15) is 6.42 Å². The van der Waals surface area contributed by atoms with Gasteiger partial charge in [-0.15, -0.1) is 0 Å². The number of primary sulfonamides is 1. The molecule has 0 aliphatic carbocycles. The number of nitrogens with two attached hydrogens (primary N) is 1. The molecule has 0 bridgehead atoms. The largest absolute Gasteiger partial charge is 0.492 e. The standard InChI is InChI=1S/C9H12ClNO3S/c10-8-4-1-2-5-9(8)14-6-3-7-15(11,12)13/h1-2,4-5H,3,6-7H2,(H2,11,12,13). The number of benzene rings is 1. The lowest BCUT2D eigenvalue weighted by Crippen LogP contribution is -2.18. The number of hydrogen-bond acceptors (Lipinski definition) is 3. The zero-order chi connectivity index (χ0) is 11.3. The molecule has 1 rings (SSSR count). The molecule has 0 spiro atoms. The zero-order valence-electron chi connectivity index (χ0n) is 8.02. The quantitative estimate of drug-likeness (QED) is 0.802. The summed E-state index contributed by atoms with van der Waals surface area (Å²) in [7, 11) is -3.40. The molecule has 4 nitrogen and oxygen atoms in total. The van der Waals surface area contributed by atoms with Gasteiger partial charge in [0.1, 0.15) is 5.75 Å². The molecule has 15 heavy (non-hydrogen) atoms. The maximum atomic E-state index is 10.6. The number of sulfonamides is 1. The molecule has 0 saturated carbocycles. The number of hydrogen-bond donors (Lipinski definition) is 1. The van der Waals surface area contributed by atoms with Crippen molar-refractivity contribution in [2.24, 2.45) is 5.14 Å². The van der Waals surface area contributed by atoms with E-state index < -0.39 is 10.0 Å². The number of halogens is 1. The highest BCUT2D eigenvalue weighted by Gasteiger charge is 2.03. The highest BCUT2D eigenvalue weighted by Crippen LogP contribution is 2.22. The highest BCUT2D eigenvalue weighted by molar-refractivity contribution is 7.89. The fourth-order valence-electron chi connectivity index (χ4n) is 1.00. The van der Waals surface area contributed by atoms with E-state index in [1.165, 1.54) is 0 Å². The van der Waals surface area contributed by atoms with Crippen molar-refractivity contribution in [3.63, 3.8) is 0 Å². The summed E-state index contributed by atoms with van der Waals surface area (Å²) in [6, 6.07) is 7.01. The predicted octanol–water partition coefficient (Wildman–Crippen LogP) is 1.40. The number of ether oxygens (including phenoxy) is 1. The Morgan fingerprint density at radius 3 is 2.60 bits per heavy atom. The van der Waals surface area contributed by atoms with Crippen LogP contribution >= 0.6 is 11.6 Å². The van der Waals surface area contributed by atoms with Crippen LogP contribution < -0.4 is 9.88 Å². The Labute approximate surface area is 94.0 Å². The van der Waals surface area contributed by atoms with E-state index >= 15 is 0 Å². The molecule has 2 N–H and O–H groups in total. The van der Waals surface area contributed by atoms with Crippen molar-refractivity contribution in [1.29, 1.82) is 0 Å². The first-order valence-electron chi connectivity index (χ1n) is 4.37. The molecule has 0 aromatic heterocycles. The van der Waals surface area contributed by atoms with E-state index in [9.17, 15) is 8.42 Å². The molecule has 0 atom stereocenters. The van der Waals surface area contributed by atoms with Crippen LogP contribution in [0.15, 0.2) is 24.3 Å². The maximum Gasteiger partial charge on any atom is 0.209 e. The van der Waals surface area contributed by atoms with Gasteiger partial charge in [-0.2, -0.15) is 0 Å². The van der Waals surface area contributed by atoms with Crippen molar-refractivity contribution < 1.29 is 13.2 Å². The molecule has 0 radical (unpaired) electrons. The molecule has 0 fully saturated rings.